The molecular weight excluding hydrogens is 256 g/mol. The summed E-state index contributed by atoms with van der Waals surface area (Å²) in [6.07, 6.45) is 1.61. The van der Waals surface area contributed by atoms with Gasteiger partial charge in [0.05, 0.1) is 0 Å². The van der Waals surface area contributed by atoms with Gasteiger partial charge in [-0.3, -0.25) is 5.32 Å². The van der Waals surface area contributed by atoms with Gasteiger partial charge in [-0.25, -0.2) is 4.79 Å². The summed E-state index contributed by atoms with van der Waals surface area (Å²) in [5, 5.41) is 7.40. The van der Waals surface area contributed by atoms with Gasteiger partial charge in [0.25, 0.3) is 0 Å². The lowest BCUT2D eigenvalue weighted by Crippen LogP contribution is -2.39. The molecule has 3 nitrogen and oxygen atoms in total. The number of hydrogen-bond donors (Lipinski definition) is 2. The first kappa shape index (κ1) is 13.2. The summed E-state index contributed by atoms with van der Waals surface area (Å²) in [4.78, 5) is 12.0. The van der Waals surface area contributed by atoms with Crippen LogP contribution in [0.5, 0.6) is 0 Å². The van der Waals surface area contributed by atoms with E-state index in [1.165, 1.54) is 0 Å². The SMILES string of the molecule is C=CCNC(=O)NC(=S)c1cccc2ccccc12. The summed E-state index contributed by atoms with van der Waals surface area (Å²) in [6, 6.07) is 13.4. The van der Waals surface area contributed by atoms with Gasteiger partial charge in [0, 0.05) is 12.1 Å². The van der Waals surface area contributed by atoms with Gasteiger partial charge in [-0.05, 0) is 10.8 Å². The van der Waals surface area contributed by atoms with Gasteiger partial charge in [0.1, 0.15) is 4.99 Å². The van der Waals surface area contributed by atoms with Crippen molar-refractivity contribution in [3.8, 4) is 0 Å². The van der Waals surface area contributed by atoms with Gasteiger partial charge in [0.15, 0.2) is 0 Å². The van der Waals surface area contributed by atoms with Crippen molar-refractivity contribution in [1.29, 1.82) is 0 Å². The highest BCUT2D eigenvalue weighted by atomic mass is 32.1. The molecule has 0 heterocycles. The summed E-state index contributed by atoms with van der Waals surface area (Å²) in [5.74, 6) is 0. The Balaban J connectivity index is 2.22. The summed E-state index contributed by atoms with van der Waals surface area (Å²) in [5.41, 5.74) is 0.849. The zero-order valence-corrected chi connectivity index (χ0v) is 11.2. The Morgan fingerprint density at radius 3 is 2.74 bits per heavy atom. The molecule has 2 N–H and O–H groups in total. The summed E-state index contributed by atoms with van der Waals surface area (Å²) < 4.78 is 0. The molecule has 0 aromatic heterocycles. The molecule has 0 fully saturated rings. The monoisotopic (exact) mass is 270 g/mol. The third-order valence-corrected chi connectivity index (χ3v) is 2.99. The van der Waals surface area contributed by atoms with E-state index >= 15 is 0 Å². The summed E-state index contributed by atoms with van der Waals surface area (Å²) in [6.45, 7) is 3.94. The molecule has 0 saturated heterocycles. The lowest BCUT2D eigenvalue weighted by molar-refractivity contribution is 0.246. The predicted octanol–water partition coefficient (Wildman–Crippen LogP) is 3.00. The number of carbonyl (C=O) groups excluding carboxylic acids is 1. The van der Waals surface area contributed by atoms with Crippen molar-refractivity contribution < 1.29 is 4.79 Å². The van der Waals surface area contributed by atoms with Crippen LogP contribution in [0, 0.1) is 0 Å². The van der Waals surface area contributed by atoms with Crippen molar-refractivity contribution in [3.63, 3.8) is 0 Å². The van der Waals surface area contributed by atoms with Crippen LogP contribution in [-0.2, 0) is 0 Å². The van der Waals surface area contributed by atoms with Crippen LogP contribution in [0.4, 0.5) is 4.79 Å². The number of urea groups is 1. The maximum Gasteiger partial charge on any atom is 0.320 e. The first-order chi connectivity index (χ1) is 9.22. The van der Waals surface area contributed by atoms with E-state index in [1.54, 1.807) is 6.08 Å². The molecule has 0 aliphatic carbocycles. The molecule has 96 valence electrons. The van der Waals surface area contributed by atoms with Crippen LogP contribution < -0.4 is 10.6 Å². The molecule has 19 heavy (non-hydrogen) atoms. The van der Waals surface area contributed by atoms with Crippen molar-refractivity contribution in [2.45, 2.75) is 0 Å². The van der Waals surface area contributed by atoms with Gasteiger partial charge in [-0.2, -0.15) is 0 Å². The minimum Gasteiger partial charge on any atom is -0.334 e. The lowest BCUT2D eigenvalue weighted by atomic mass is 10.0. The molecule has 4 heteroatoms. The average Bonchev–Trinajstić information content (AvgIpc) is 2.44. The van der Waals surface area contributed by atoms with Crippen molar-refractivity contribution >= 4 is 34.0 Å². The van der Waals surface area contributed by atoms with Crippen molar-refractivity contribution in [2.24, 2.45) is 0 Å². The van der Waals surface area contributed by atoms with Crippen LogP contribution in [0.1, 0.15) is 5.56 Å². The zero-order chi connectivity index (χ0) is 13.7. The minimum atomic E-state index is -0.321. The molecule has 0 radical (unpaired) electrons. The van der Waals surface area contributed by atoms with E-state index < -0.39 is 0 Å². The van der Waals surface area contributed by atoms with Crippen LogP contribution >= 0.6 is 12.2 Å². The van der Waals surface area contributed by atoms with E-state index in [0.717, 1.165) is 16.3 Å². The second-order valence-corrected chi connectivity index (χ2v) is 4.39. The predicted molar refractivity (Wildman–Crippen MR) is 82.4 cm³/mol. The third kappa shape index (κ3) is 3.17. The Morgan fingerprint density at radius 2 is 1.95 bits per heavy atom. The topological polar surface area (TPSA) is 41.1 Å². The minimum absolute atomic E-state index is 0.321. The zero-order valence-electron chi connectivity index (χ0n) is 10.3. The van der Waals surface area contributed by atoms with Crippen molar-refractivity contribution in [1.82, 2.24) is 10.6 Å². The van der Waals surface area contributed by atoms with Crippen molar-refractivity contribution in [3.05, 3.63) is 60.7 Å². The van der Waals surface area contributed by atoms with Crippen molar-refractivity contribution in [2.75, 3.05) is 6.54 Å². The van der Waals surface area contributed by atoms with E-state index in [4.69, 9.17) is 12.2 Å². The second-order valence-electron chi connectivity index (χ2n) is 3.98. The number of benzene rings is 2. The molecule has 0 atom stereocenters. The highest BCUT2D eigenvalue weighted by molar-refractivity contribution is 7.80. The van der Waals surface area contributed by atoms with E-state index in [0.29, 0.717) is 11.5 Å². The fraction of sp³-hybridized carbons (Fsp3) is 0.0667. The fourth-order valence-corrected chi connectivity index (χ4v) is 2.07. The molecule has 0 bridgehead atoms. The number of nitrogens with one attached hydrogen (secondary N) is 2. The average molecular weight is 270 g/mol. The van der Waals surface area contributed by atoms with Crippen LogP contribution in [-0.4, -0.2) is 17.6 Å². The maximum absolute atomic E-state index is 11.6. The smallest absolute Gasteiger partial charge is 0.320 e. The van der Waals surface area contributed by atoms with E-state index in [2.05, 4.69) is 17.2 Å². The number of rotatable bonds is 3. The van der Waals surface area contributed by atoms with E-state index in [-0.39, 0.29) is 6.03 Å². The number of fused-ring (bicyclic) bond motifs is 1. The Labute approximate surface area is 117 Å². The highest BCUT2D eigenvalue weighted by Gasteiger charge is 2.08. The highest BCUT2D eigenvalue weighted by Crippen LogP contribution is 2.18. The molecule has 0 spiro atoms. The molecule has 0 aliphatic heterocycles. The fourth-order valence-electron chi connectivity index (χ4n) is 1.80. The van der Waals surface area contributed by atoms with Crippen LogP contribution in [0.3, 0.4) is 0 Å². The quantitative estimate of drug-likeness (QED) is 0.665. The first-order valence-electron chi connectivity index (χ1n) is 5.90. The second kappa shape index (κ2) is 6.11. The molecule has 2 amide bonds. The maximum atomic E-state index is 11.6. The normalized spacial score (nSPS) is 9.89. The van der Waals surface area contributed by atoms with Gasteiger partial charge >= 0.3 is 6.03 Å². The largest absolute Gasteiger partial charge is 0.334 e. The number of thiocarbonyl (C=S) groups is 1. The Morgan fingerprint density at radius 1 is 1.21 bits per heavy atom. The summed E-state index contributed by atoms with van der Waals surface area (Å²) >= 11 is 5.28. The molecular formula is C15H14N2OS. The van der Waals surface area contributed by atoms with E-state index in [9.17, 15) is 4.79 Å². The Hall–Kier alpha value is -2.20. The van der Waals surface area contributed by atoms with Gasteiger partial charge in [-0.15, -0.1) is 6.58 Å². The van der Waals surface area contributed by atoms with Crippen LogP contribution in [0.15, 0.2) is 55.1 Å². The number of carbonyl (C=O) groups is 1. The number of amides is 2. The molecule has 2 aromatic carbocycles. The van der Waals surface area contributed by atoms with Gasteiger partial charge < -0.3 is 5.32 Å². The third-order valence-electron chi connectivity index (χ3n) is 2.67. The standard InChI is InChI=1S/C15H14N2OS/c1-2-10-16-15(18)17-14(19)13-9-5-7-11-6-3-4-8-12(11)13/h2-9H,1,10H2,(H2,16,17,18,19). The molecule has 0 aliphatic rings. The first-order valence-corrected chi connectivity index (χ1v) is 6.31. The Bertz CT molecular complexity index is 632. The molecule has 2 aromatic rings. The van der Waals surface area contributed by atoms with Crippen LogP contribution in [0.2, 0.25) is 0 Å². The summed E-state index contributed by atoms with van der Waals surface area (Å²) in [7, 11) is 0. The molecule has 0 unspecified atom stereocenters. The Kier molecular flexibility index (Phi) is 4.26. The molecule has 2 rings (SSSR count). The molecule has 0 saturated carbocycles. The van der Waals surface area contributed by atoms with E-state index in [1.807, 2.05) is 42.5 Å². The van der Waals surface area contributed by atoms with Gasteiger partial charge in [0.2, 0.25) is 0 Å². The lowest BCUT2D eigenvalue weighted by Gasteiger charge is -2.10. The van der Waals surface area contributed by atoms with Gasteiger partial charge in [-0.1, -0.05) is 60.8 Å². The van der Waals surface area contributed by atoms with Crippen LogP contribution in [0.25, 0.3) is 10.8 Å². The number of hydrogen-bond acceptors (Lipinski definition) is 2.